The van der Waals surface area contributed by atoms with Gasteiger partial charge in [0.2, 0.25) is 5.12 Å². The Labute approximate surface area is 139 Å². The second-order valence-electron chi connectivity index (χ2n) is 7.49. The van der Waals surface area contributed by atoms with Gasteiger partial charge in [-0.25, -0.2) is 9.97 Å². The Kier molecular flexibility index (Phi) is 4.28. The highest BCUT2D eigenvalue weighted by Gasteiger charge is 2.30. The zero-order valence-electron chi connectivity index (χ0n) is 14.1. The Morgan fingerprint density at radius 3 is 1.83 bits per heavy atom. The molecule has 0 atom stereocenters. The lowest BCUT2D eigenvalue weighted by molar-refractivity contribution is -0.107. The summed E-state index contributed by atoms with van der Waals surface area (Å²) in [5.41, 5.74) is 0.392. The maximum atomic E-state index is 11.7. The highest BCUT2D eigenvalue weighted by atomic mass is 32.2. The predicted molar refractivity (Wildman–Crippen MR) is 90.2 cm³/mol. The van der Waals surface area contributed by atoms with E-state index in [-0.39, 0.29) is 16.6 Å². The van der Waals surface area contributed by atoms with Crippen molar-refractivity contribution in [1.82, 2.24) is 15.3 Å². The van der Waals surface area contributed by atoms with E-state index in [1.165, 1.54) is 6.08 Å². The third kappa shape index (κ3) is 3.72. The summed E-state index contributed by atoms with van der Waals surface area (Å²) in [7, 11) is 0. The van der Waals surface area contributed by atoms with Gasteiger partial charge in [0.15, 0.2) is 11.6 Å². The van der Waals surface area contributed by atoms with Gasteiger partial charge in [0.25, 0.3) is 5.24 Å². The second-order valence-corrected chi connectivity index (χ2v) is 8.43. The summed E-state index contributed by atoms with van der Waals surface area (Å²) in [6, 6.07) is 0. The van der Waals surface area contributed by atoms with Gasteiger partial charge in [-0.2, -0.15) is 0 Å². The molecule has 2 heterocycles. The van der Waals surface area contributed by atoms with Crippen molar-refractivity contribution in [3.05, 3.63) is 22.9 Å². The summed E-state index contributed by atoms with van der Waals surface area (Å²) in [5, 5.41) is 12.3. The van der Waals surface area contributed by atoms with Gasteiger partial charge >= 0.3 is 0 Å². The number of carbonyl (C=O) groups excluding carboxylic acids is 2. The molecule has 1 amide bonds. The van der Waals surface area contributed by atoms with E-state index < -0.39 is 16.1 Å². The molecule has 1 fully saturated rings. The first-order valence-electron chi connectivity index (χ1n) is 7.26. The predicted octanol–water partition coefficient (Wildman–Crippen LogP) is 3.10. The summed E-state index contributed by atoms with van der Waals surface area (Å²) < 4.78 is 0. The first-order valence-corrected chi connectivity index (χ1v) is 8.08. The van der Waals surface area contributed by atoms with Crippen molar-refractivity contribution in [2.45, 2.75) is 52.4 Å². The average molecular weight is 335 g/mol. The van der Waals surface area contributed by atoms with Gasteiger partial charge in [0.05, 0.1) is 11.4 Å². The molecule has 0 spiro atoms. The van der Waals surface area contributed by atoms with Crippen molar-refractivity contribution in [2.24, 2.45) is 0 Å². The Morgan fingerprint density at radius 2 is 1.48 bits per heavy atom. The summed E-state index contributed by atoms with van der Waals surface area (Å²) in [4.78, 5) is 31.8. The Morgan fingerprint density at radius 1 is 1.00 bits per heavy atom. The van der Waals surface area contributed by atoms with Crippen LogP contribution in [0.4, 0.5) is 4.79 Å². The highest BCUT2D eigenvalue weighted by Crippen LogP contribution is 2.36. The van der Waals surface area contributed by atoms with Crippen molar-refractivity contribution in [3.8, 4) is 5.75 Å². The van der Waals surface area contributed by atoms with E-state index in [1.807, 2.05) is 41.5 Å². The molecule has 124 valence electrons. The topological polar surface area (TPSA) is 92.2 Å². The van der Waals surface area contributed by atoms with Gasteiger partial charge in [-0.1, -0.05) is 41.5 Å². The van der Waals surface area contributed by atoms with E-state index in [0.29, 0.717) is 29.0 Å². The molecule has 0 aromatic carbocycles. The van der Waals surface area contributed by atoms with Crippen LogP contribution in [0.3, 0.4) is 0 Å². The van der Waals surface area contributed by atoms with E-state index in [4.69, 9.17) is 0 Å². The number of nitrogens with one attached hydrogen (secondary N) is 1. The summed E-state index contributed by atoms with van der Waals surface area (Å²) in [5.74, 6) is 0.368. The molecule has 2 rings (SSSR count). The van der Waals surface area contributed by atoms with Crippen molar-refractivity contribution in [3.63, 3.8) is 0 Å². The molecule has 1 aromatic rings. The Hall–Kier alpha value is -1.89. The smallest absolute Gasteiger partial charge is 0.291 e. The van der Waals surface area contributed by atoms with E-state index in [9.17, 15) is 14.7 Å². The van der Waals surface area contributed by atoms with E-state index >= 15 is 0 Å². The third-order valence-corrected chi connectivity index (χ3v) is 3.93. The number of rotatable bonds is 1. The van der Waals surface area contributed by atoms with Crippen LogP contribution in [0.2, 0.25) is 0 Å². The first kappa shape index (κ1) is 17.5. The fourth-order valence-electron chi connectivity index (χ4n) is 2.13. The van der Waals surface area contributed by atoms with Crippen molar-refractivity contribution < 1.29 is 14.7 Å². The minimum Gasteiger partial charge on any atom is -0.504 e. The summed E-state index contributed by atoms with van der Waals surface area (Å²) in [6.45, 7) is 11.6. The molecule has 0 bridgehead atoms. The molecule has 6 nitrogen and oxygen atoms in total. The molecular formula is C16H21N3O3S. The Balaban J connectivity index is 2.64. The zero-order valence-corrected chi connectivity index (χ0v) is 15.0. The number of carbonyl (C=O) groups is 2. The van der Waals surface area contributed by atoms with Crippen LogP contribution in [-0.2, 0) is 15.6 Å². The van der Waals surface area contributed by atoms with Gasteiger partial charge < -0.3 is 10.4 Å². The summed E-state index contributed by atoms with van der Waals surface area (Å²) in [6.07, 6.45) is 1.45. The molecule has 1 aliphatic heterocycles. The maximum absolute atomic E-state index is 11.7. The van der Waals surface area contributed by atoms with Crippen LogP contribution >= 0.6 is 11.8 Å². The van der Waals surface area contributed by atoms with Gasteiger partial charge in [-0.05, 0) is 0 Å². The molecule has 1 saturated heterocycles. The quantitative estimate of drug-likeness (QED) is 0.766. The minimum absolute atomic E-state index is 0.0725. The van der Waals surface area contributed by atoms with Crippen LogP contribution < -0.4 is 5.32 Å². The molecule has 23 heavy (non-hydrogen) atoms. The van der Waals surface area contributed by atoms with Gasteiger partial charge in [0.1, 0.15) is 5.70 Å². The maximum Gasteiger partial charge on any atom is 0.291 e. The van der Waals surface area contributed by atoms with Crippen LogP contribution in [0.25, 0.3) is 6.08 Å². The van der Waals surface area contributed by atoms with Crippen molar-refractivity contribution in [1.29, 1.82) is 0 Å². The lowest BCUT2D eigenvalue weighted by atomic mass is 9.85. The van der Waals surface area contributed by atoms with Crippen molar-refractivity contribution >= 4 is 28.2 Å². The van der Waals surface area contributed by atoms with Gasteiger partial charge in [0, 0.05) is 28.7 Å². The normalized spacial score (nSPS) is 17.7. The molecule has 0 radical (unpaired) electrons. The van der Waals surface area contributed by atoms with Crippen LogP contribution in [-0.4, -0.2) is 25.4 Å². The zero-order chi connectivity index (χ0) is 17.6. The lowest BCUT2D eigenvalue weighted by Gasteiger charge is -2.25. The van der Waals surface area contributed by atoms with Crippen molar-refractivity contribution in [2.75, 3.05) is 0 Å². The SMILES string of the molecule is CC(C)(C)c1nc(C=C2NC(=O)SC2=O)nc(C(C)(C)C)c1O. The Bertz CT molecular complexity index is 677. The number of amides is 1. The van der Waals surface area contributed by atoms with Gasteiger partial charge in [-0.15, -0.1) is 0 Å². The molecule has 7 heteroatoms. The molecule has 0 aliphatic carbocycles. The summed E-state index contributed by atoms with van der Waals surface area (Å²) >= 11 is 0.608. The number of hydrogen-bond acceptors (Lipinski definition) is 6. The minimum atomic E-state index is -0.410. The monoisotopic (exact) mass is 335 g/mol. The van der Waals surface area contributed by atoms with E-state index in [1.54, 1.807) is 0 Å². The third-order valence-electron chi connectivity index (χ3n) is 3.24. The molecule has 0 saturated carbocycles. The number of thioether (sulfide) groups is 1. The number of aromatic hydroxyl groups is 1. The molecule has 1 aliphatic rings. The average Bonchev–Trinajstić information content (AvgIpc) is 2.67. The van der Waals surface area contributed by atoms with E-state index in [0.717, 1.165) is 0 Å². The van der Waals surface area contributed by atoms with Crippen LogP contribution in [0.15, 0.2) is 5.70 Å². The molecule has 0 unspecified atom stereocenters. The highest BCUT2D eigenvalue weighted by molar-refractivity contribution is 8.27. The second kappa shape index (κ2) is 5.63. The van der Waals surface area contributed by atoms with E-state index in [2.05, 4.69) is 15.3 Å². The number of hydrogen-bond donors (Lipinski definition) is 2. The standard InChI is InChI=1S/C16H21N3O3S/c1-15(2,3)11-10(20)12(16(4,5)6)19-9(18-11)7-8-13(21)23-14(22)17-8/h7,20H,1-6H3,(H,17,22). The molecule has 1 aromatic heterocycles. The number of nitrogens with zero attached hydrogens (tertiary/aromatic N) is 2. The molecule has 2 N–H and O–H groups in total. The fourth-order valence-corrected chi connectivity index (χ4v) is 2.68. The molecular weight excluding hydrogens is 314 g/mol. The first-order chi connectivity index (χ1) is 10.4. The van der Waals surface area contributed by atoms with Crippen LogP contribution in [0.1, 0.15) is 58.8 Å². The van der Waals surface area contributed by atoms with Crippen LogP contribution in [0.5, 0.6) is 5.75 Å². The lowest BCUT2D eigenvalue weighted by Crippen LogP contribution is -2.22. The van der Waals surface area contributed by atoms with Gasteiger partial charge in [-0.3, -0.25) is 9.59 Å². The number of aromatic nitrogens is 2. The fraction of sp³-hybridized carbons (Fsp3) is 0.500. The largest absolute Gasteiger partial charge is 0.504 e. The van der Waals surface area contributed by atoms with Crippen LogP contribution in [0, 0.1) is 0 Å².